The summed E-state index contributed by atoms with van der Waals surface area (Å²) in [5.41, 5.74) is 0.138. The summed E-state index contributed by atoms with van der Waals surface area (Å²) in [6, 6.07) is -0.733. The van der Waals surface area contributed by atoms with E-state index in [2.05, 4.69) is 10.6 Å². The number of ether oxygens (including phenoxy) is 1. The van der Waals surface area contributed by atoms with E-state index in [4.69, 9.17) is 4.74 Å². The smallest absolute Gasteiger partial charge is 0.246 e. The molecule has 2 amide bonds. The molecule has 1 aliphatic heterocycles. The number of carbonyl (C=O) groups is 2. The van der Waals surface area contributed by atoms with Gasteiger partial charge in [-0.1, -0.05) is 26.0 Å². The van der Waals surface area contributed by atoms with Gasteiger partial charge in [0, 0.05) is 12.5 Å². The predicted molar refractivity (Wildman–Crippen MR) is 101 cm³/mol. The number of hydrogen-bond donors (Lipinski definition) is 2. The van der Waals surface area contributed by atoms with E-state index in [0.29, 0.717) is 18.5 Å². The molecule has 0 aromatic heterocycles. The van der Waals surface area contributed by atoms with E-state index < -0.39 is 29.5 Å². The summed E-state index contributed by atoms with van der Waals surface area (Å²) in [6.45, 7) is 9.65. The Morgan fingerprint density at radius 1 is 1.37 bits per heavy atom. The van der Waals surface area contributed by atoms with Gasteiger partial charge >= 0.3 is 0 Å². The largest absolute Gasteiger partial charge is 0.366 e. The third-order valence-corrected chi connectivity index (χ3v) is 3.95. The van der Waals surface area contributed by atoms with Gasteiger partial charge in [0.25, 0.3) is 0 Å². The van der Waals surface area contributed by atoms with Crippen LogP contribution >= 0.6 is 0 Å². The van der Waals surface area contributed by atoms with E-state index in [0.717, 1.165) is 6.08 Å². The average Bonchev–Trinajstić information content (AvgIpc) is 2.78. The predicted octanol–water partition coefficient (Wildman–Crippen LogP) is 3.14. The summed E-state index contributed by atoms with van der Waals surface area (Å²) in [5.74, 6) is -1.74. The number of amides is 2. The number of piperidine rings is 1. The molecule has 0 radical (unpaired) electrons. The van der Waals surface area contributed by atoms with Crippen LogP contribution in [-0.4, -0.2) is 42.8 Å². The van der Waals surface area contributed by atoms with Crippen molar-refractivity contribution in [1.29, 1.82) is 0 Å². The van der Waals surface area contributed by atoms with E-state index in [1.165, 1.54) is 12.2 Å². The molecule has 3 unspecified atom stereocenters. The lowest BCUT2D eigenvalue weighted by Crippen LogP contribution is -2.54. The minimum atomic E-state index is -1.80. The van der Waals surface area contributed by atoms with Crippen molar-refractivity contribution in [3.63, 3.8) is 0 Å². The first kappa shape index (κ1) is 23.0. The van der Waals surface area contributed by atoms with Crippen LogP contribution < -0.4 is 10.6 Å². The SMILES string of the molecule is CC.CC(C)(C)OCC(=O)NC1CC(C2=CC(F)C(F)=CC=C2)CNC1=O. The zero-order valence-electron chi connectivity index (χ0n) is 16.6. The highest BCUT2D eigenvalue weighted by Gasteiger charge is 2.32. The van der Waals surface area contributed by atoms with Crippen LogP contribution in [0.25, 0.3) is 0 Å². The summed E-state index contributed by atoms with van der Waals surface area (Å²) >= 11 is 0. The number of allylic oxidation sites excluding steroid dienone is 5. The van der Waals surface area contributed by atoms with Crippen molar-refractivity contribution in [2.45, 2.75) is 58.9 Å². The van der Waals surface area contributed by atoms with Gasteiger partial charge in [0.05, 0.1) is 5.60 Å². The number of halogens is 2. The molecule has 27 heavy (non-hydrogen) atoms. The monoisotopic (exact) mass is 384 g/mol. The first-order valence-electron chi connectivity index (χ1n) is 9.26. The molecular formula is C20H30F2N2O3. The molecular weight excluding hydrogens is 354 g/mol. The van der Waals surface area contributed by atoms with Crippen molar-refractivity contribution in [2.75, 3.05) is 13.2 Å². The molecule has 0 bridgehead atoms. The van der Waals surface area contributed by atoms with Crippen molar-refractivity contribution >= 4 is 11.8 Å². The molecule has 1 fully saturated rings. The van der Waals surface area contributed by atoms with E-state index in [9.17, 15) is 18.4 Å². The maximum atomic E-state index is 13.7. The van der Waals surface area contributed by atoms with Crippen LogP contribution in [0.15, 0.2) is 35.7 Å². The van der Waals surface area contributed by atoms with Gasteiger partial charge in [0.2, 0.25) is 11.8 Å². The lowest BCUT2D eigenvalue weighted by molar-refractivity contribution is -0.135. The van der Waals surface area contributed by atoms with Crippen molar-refractivity contribution in [2.24, 2.45) is 5.92 Å². The highest BCUT2D eigenvalue weighted by Crippen LogP contribution is 2.26. The number of nitrogens with one attached hydrogen (secondary N) is 2. The summed E-state index contributed by atoms with van der Waals surface area (Å²) < 4.78 is 32.4. The first-order chi connectivity index (χ1) is 12.7. The lowest BCUT2D eigenvalue weighted by Gasteiger charge is -2.31. The van der Waals surface area contributed by atoms with Gasteiger partial charge in [-0.3, -0.25) is 9.59 Å². The van der Waals surface area contributed by atoms with Crippen molar-refractivity contribution in [3.05, 3.63) is 35.7 Å². The zero-order valence-corrected chi connectivity index (χ0v) is 16.6. The Morgan fingerprint density at radius 3 is 2.67 bits per heavy atom. The van der Waals surface area contributed by atoms with Crippen LogP contribution in [0.2, 0.25) is 0 Å². The van der Waals surface area contributed by atoms with Gasteiger partial charge in [-0.2, -0.15) is 0 Å². The Bertz CT molecular complexity index is 621. The Hall–Kier alpha value is -2.02. The molecule has 2 aliphatic rings. The van der Waals surface area contributed by atoms with Crippen LogP contribution in [0, 0.1) is 5.92 Å². The minimum absolute atomic E-state index is 0.151. The maximum Gasteiger partial charge on any atom is 0.246 e. The molecule has 0 aromatic rings. The van der Waals surface area contributed by atoms with Crippen LogP contribution in [0.3, 0.4) is 0 Å². The van der Waals surface area contributed by atoms with Gasteiger partial charge in [-0.15, -0.1) is 0 Å². The Labute approximate surface area is 159 Å². The highest BCUT2D eigenvalue weighted by molar-refractivity contribution is 5.88. The van der Waals surface area contributed by atoms with Gasteiger partial charge in [-0.25, -0.2) is 8.78 Å². The van der Waals surface area contributed by atoms with Gasteiger partial charge in [-0.05, 0) is 44.9 Å². The second-order valence-corrected chi connectivity index (χ2v) is 7.18. The van der Waals surface area contributed by atoms with Crippen LogP contribution in [0.4, 0.5) is 8.78 Å². The van der Waals surface area contributed by atoms with Gasteiger partial charge in [0.1, 0.15) is 18.5 Å². The quantitative estimate of drug-likeness (QED) is 0.783. The Kier molecular flexibility index (Phi) is 8.82. The second kappa shape index (κ2) is 10.3. The molecule has 1 aliphatic carbocycles. The molecule has 0 spiro atoms. The zero-order chi connectivity index (χ0) is 20.6. The minimum Gasteiger partial charge on any atom is -0.366 e. The van der Waals surface area contributed by atoms with Gasteiger partial charge in [0.15, 0.2) is 6.17 Å². The summed E-state index contributed by atoms with van der Waals surface area (Å²) in [5, 5.41) is 5.34. The lowest BCUT2D eigenvalue weighted by atomic mass is 9.87. The highest BCUT2D eigenvalue weighted by atomic mass is 19.2. The Morgan fingerprint density at radius 2 is 2.04 bits per heavy atom. The molecule has 1 heterocycles. The summed E-state index contributed by atoms with van der Waals surface area (Å²) in [7, 11) is 0. The molecule has 5 nitrogen and oxygen atoms in total. The third kappa shape index (κ3) is 7.62. The van der Waals surface area contributed by atoms with Crippen molar-refractivity contribution in [1.82, 2.24) is 10.6 Å². The normalized spacial score (nSPS) is 25.3. The molecule has 7 heteroatoms. The van der Waals surface area contributed by atoms with Crippen LogP contribution in [0.5, 0.6) is 0 Å². The maximum absolute atomic E-state index is 13.7. The second-order valence-electron chi connectivity index (χ2n) is 7.18. The number of alkyl halides is 1. The fraction of sp³-hybridized carbons (Fsp3) is 0.600. The topological polar surface area (TPSA) is 67.4 Å². The van der Waals surface area contributed by atoms with E-state index in [1.54, 1.807) is 6.08 Å². The number of hydrogen-bond acceptors (Lipinski definition) is 3. The first-order valence-corrected chi connectivity index (χ1v) is 9.26. The molecule has 3 atom stereocenters. The molecule has 2 N–H and O–H groups in total. The number of rotatable bonds is 4. The van der Waals surface area contributed by atoms with Crippen molar-refractivity contribution < 1.29 is 23.1 Å². The third-order valence-electron chi connectivity index (χ3n) is 3.95. The van der Waals surface area contributed by atoms with E-state index >= 15 is 0 Å². The summed E-state index contributed by atoms with van der Waals surface area (Å²) in [4.78, 5) is 24.0. The van der Waals surface area contributed by atoms with E-state index in [1.807, 2.05) is 34.6 Å². The van der Waals surface area contributed by atoms with Crippen LogP contribution in [0.1, 0.15) is 41.0 Å². The molecule has 2 rings (SSSR count). The fourth-order valence-electron chi connectivity index (χ4n) is 2.64. The van der Waals surface area contributed by atoms with E-state index in [-0.39, 0.29) is 18.4 Å². The van der Waals surface area contributed by atoms with Crippen molar-refractivity contribution in [3.8, 4) is 0 Å². The molecule has 152 valence electrons. The Balaban J connectivity index is 0.00000176. The average molecular weight is 384 g/mol. The molecule has 0 saturated carbocycles. The molecule has 1 saturated heterocycles. The number of carbonyl (C=O) groups excluding carboxylic acids is 2. The van der Waals surface area contributed by atoms with Crippen LogP contribution in [-0.2, 0) is 14.3 Å². The molecule has 0 aromatic carbocycles. The fourth-order valence-corrected chi connectivity index (χ4v) is 2.64. The summed E-state index contributed by atoms with van der Waals surface area (Å²) in [6.07, 6.45) is 3.89. The standard InChI is InChI=1S/C18H24F2N2O3.C2H6/c1-18(2,3)25-10-16(23)22-15-8-12(9-21-17(15)24)11-5-4-6-13(19)14(20)7-11;1-2/h4-7,12,14-15H,8-10H2,1-3H3,(H,21,24)(H,22,23);1-2H3. The van der Waals surface area contributed by atoms with Gasteiger partial charge < -0.3 is 15.4 Å².